The number of alkyl halides is 2. The normalized spacial score (nSPS) is 20.1. The lowest BCUT2D eigenvalue weighted by atomic mass is 9.77. The molecule has 8 nitrogen and oxygen atoms in total. The van der Waals surface area contributed by atoms with Gasteiger partial charge in [0.2, 0.25) is 17.8 Å². The molecule has 3 fully saturated rings. The number of nitrogens with zero attached hydrogens (tertiary/aromatic N) is 5. The van der Waals surface area contributed by atoms with Gasteiger partial charge in [-0.05, 0) is 67.3 Å². The molecule has 2 amide bonds. The van der Waals surface area contributed by atoms with Gasteiger partial charge in [0.1, 0.15) is 23.8 Å². The zero-order valence-electron chi connectivity index (χ0n) is 23.8. The summed E-state index contributed by atoms with van der Waals surface area (Å²) in [5.41, 5.74) is 1.95. The van der Waals surface area contributed by atoms with Crippen LogP contribution in [0.2, 0.25) is 5.02 Å². The number of hydrogen-bond donors (Lipinski definition) is 0. The van der Waals surface area contributed by atoms with Crippen LogP contribution < -0.4 is 9.80 Å². The second kappa shape index (κ2) is 12.0. The largest absolute Gasteiger partial charge is 0.297 e. The third kappa shape index (κ3) is 6.06. The summed E-state index contributed by atoms with van der Waals surface area (Å²) < 4.78 is 27.1. The molecule has 1 saturated heterocycles. The summed E-state index contributed by atoms with van der Waals surface area (Å²) in [4.78, 5) is 53.1. The number of hydrogen-bond acceptors (Lipinski definition) is 6. The zero-order chi connectivity index (χ0) is 31.0. The number of carbonyl (C=O) groups excluding carboxylic acids is 3. The van der Waals surface area contributed by atoms with Gasteiger partial charge in [-0.25, -0.2) is 18.7 Å². The lowest BCUT2D eigenvalue weighted by molar-refractivity contribution is -0.129. The second-order valence-corrected chi connectivity index (χ2v) is 12.2. The monoisotopic (exact) mass is 617 g/mol. The molecule has 2 heterocycles. The third-order valence-electron chi connectivity index (χ3n) is 8.64. The third-order valence-corrected chi connectivity index (χ3v) is 8.99. The molecule has 226 valence electrons. The first-order chi connectivity index (χ1) is 21.1. The summed E-state index contributed by atoms with van der Waals surface area (Å²) in [5.74, 6) is -3.94. The molecule has 0 spiro atoms. The van der Waals surface area contributed by atoms with E-state index in [1.807, 2.05) is 24.3 Å². The van der Waals surface area contributed by atoms with Gasteiger partial charge < -0.3 is 0 Å². The van der Waals surface area contributed by atoms with Gasteiger partial charge in [-0.3, -0.25) is 24.2 Å². The molecule has 2 aromatic carbocycles. The average Bonchev–Trinajstić information content (AvgIpc) is 3.79. The molecule has 2 saturated carbocycles. The van der Waals surface area contributed by atoms with Crippen molar-refractivity contribution in [2.75, 3.05) is 9.80 Å². The lowest BCUT2D eigenvalue weighted by Gasteiger charge is -2.37. The van der Waals surface area contributed by atoms with Crippen LogP contribution in [0.4, 0.5) is 20.4 Å². The molecule has 3 aliphatic rings. The Morgan fingerprint density at radius 2 is 1.89 bits per heavy atom. The predicted molar refractivity (Wildman–Crippen MR) is 159 cm³/mol. The van der Waals surface area contributed by atoms with Crippen LogP contribution >= 0.6 is 11.6 Å². The van der Waals surface area contributed by atoms with Gasteiger partial charge in [-0.2, -0.15) is 5.26 Å². The Labute approximate surface area is 258 Å². The number of carbonyl (C=O) groups is 3. The van der Waals surface area contributed by atoms with Crippen LogP contribution in [0.1, 0.15) is 80.1 Å². The molecule has 1 aromatic heterocycles. The number of ketones is 1. The van der Waals surface area contributed by atoms with Crippen molar-refractivity contribution in [1.82, 2.24) is 9.97 Å². The molecular formula is C33H30ClF2N5O3. The van der Waals surface area contributed by atoms with Gasteiger partial charge >= 0.3 is 0 Å². The number of amides is 2. The zero-order valence-corrected chi connectivity index (χ0v) is 24.6. The van der Waals surface area contributed by atoms with Crippen molar-refractivity contribution < 1.29 is 23.2 Å². The molecule has 0 radical (unpaired) electrons. The van der Waals surface area contributed by atoms with E-state index in [0.717, 1.165) is 18.4 Å². The Balaban J connectivity index is 1.42. The van der Waals surface area contributed by atoms with Gasteiger partial charge in [0.05, 0.1) is 0 Å². The molecule has 0 bridgehead atoms. The summed E-state index contributed by atoms with van der Waals surface area (Å²) >= 11 is 6.67. The van der Waals surface area contributed by atoms with Crippen molar-refractivity contribution in [2.24, 2.45) is 5.92 Å². The first-order valence-electron chi connectivity index (χ1n) is 14.8. The molecular weight excluding hydrogens is 588 g/mol. The smallest absolute Gasteiger partial charge is 0.251 e. The Hall–Kier alpha value is -4.23. The van der Waals surface area contributed by atoms with E-state index >= 15 is 0 Å². The van der Waals surface area contributed by atoms with Crippen LogP contribution in [0.25, 0.3) is 0 Å². The minimum absolute atomic E-state index is 0.0244. The van der Waals surface area contributed by atoms with Crippen LogP contribution in [0.3, 0.4) is 0 Å². The van der Waals surface area contributed by atoms with Gasteiger partial charge in [-0.15, -0.1) is 0 Å². The number of benzene rings is 2. The highest BCUT2D eigenvalue weighted by Gasteiger charge is 2.47. The van der Waals surface area contributed by atoms with E-state index in [0.29, 0.717) is 17.2 Å². The summed E-state index contributed by atoms with van der Waals surface area (Å²) in [6.45, 7) is 0. The average molecular weight is 618 g/mol. The quantitative estimate of drug-likeness (QED) is 0.256. The summed E-state index contributed by atoms with van der Waals surface area (Å²) in [6.07, 6.45) is 3.32. The van der Waals surface area contributed by atoms with Gasteiger partial charge in [0.15, 0.2) is 5.78 Å². The second-order valence-electron chi connectivity index (χ2n) is 11.8. The Bertz CT molecular complexity index is 1650. The van der Waals surface area contributed by atoms with Crippen LogP contribution in [0.15, 0.2) is 60.8 Å². The maximum atomic E-state index is 14.8. The topological polar surface area (TPSA) is 107 Å². The minimum atomic E-state index is -2.70. The summed E-state index contributed by atoms with van der Waals surface area (Å²) in [7, 11) is 0. The van der Waals surface area contributed by atoms with E-state index in [4.69, 9.17) is 11.6 Å². The lowest BCUT2D eigenvalue weighted by Crippen LogP contribution is -2.50. The van der Waals surface area contributed by atoms with Crippen molar-refractivity contribution in [3.8, 4) is 6.07 Å². The van der Waals surface area contributed by atoms with Crippen LogP contribution in [0.5, 0.6) is 0 Å². The number of halogens is 3. The van der Waals surface area contributed by atoms with E-state index in [-0.39, 0.29) is 72.8 Å². The molecule has 2 atom stereocenters. The number of aromatic nitrogens is 2. The molecule has 0 unspecified atom stereocenters. The number of nitriles is 1. The van der Waals surface area contributed by atoms with E-state index in [9.17, 15) is 28.4 Å². The maximum absolute atomic E-state index is 14.8. The van der Waals surface area contributed by atoms with E-state index in [2.05, 4.69) is 9.97 Å². The number of rotatable bonds is 10. The Morgan fingerprint density at radius 1 is 1.11 bits per heavy atom. The van der Waals surface area contributed by atoms with Crippen LogP contribution in [0, 0.1) is 17.2 Å². The van der Waals surface area contributed by atoms with Crippen LogP contribution in [-0.4, -0.2) is 39.5 Å². The van der Waals surface area contributed by atoms with Crippen molar-refractivity contribution in [2.45, 2.75) is 75.3 Å². The molecule has 2 aliphatic carbocycles. The van der Waals surface area contributed by atoms with E-state index in [1.54, 1.807) is 30.3 Å². The molecule has 0 N–H and O–H groups in total. The van der Waals surface area contributed by atoms with Crippen LogP contribution in [-0.2, 0) is 14.4 Å². The summed E-state index contributed by atoms with van der Waals surface area (Å²) in [5, 5.41) is 9.65. The summed E-state index contributed by atoms with van der Waals surface area (Å²) in [6, 6.07) is 15.4. The fourth-order valence-electron chi connectivity index (χ4n) is 6.23. The van der Waals surface area contributed by atoms with Crippen molar-refractivity contribution in [3.63, 3.8) is 0 Å². The fraction of sp³-hybridized carbons (Fsp3) is 0.394. The molecule has 11 heteroatoms. The standard InChI is InChI=1S/C33H30ClF2N5O3/c34-26-7-2-1-6-25(26)30(28(42)12-8-20-17-33(35,36)18-20)40(24-5-3-4-22(16-24)21-9-10-21)31(44)27-11-13-29(43)41(27)32-38-15-14-23(19-37)39-32/h1-7,14-16,20-21,27,30H,8-13,17-18H2/t27-,30-/m0/s1. The first kappa shape index (κ1) is 29.8. The highest BCUT2D eigenvalue weighted by atomic mass is 35.5. The predicted octanol–water partition coefficient (Wildman–Crippen LogP) is 6.54. The number of anilines is 2. The van der Waals surface area contributed by atoms with Crippen molar-refractivity contribution in [3.05, 3.63) is 82.6 Å². The fourth-order valence-corrected chi connectivity index (χ4v) is 6.47. The Kier molecular flexibility index (Phi) is 8.16. The molecule has 44 heavy (non-hydrogen) atoms. The van der Waals surface area contributed by atoms with Crippen molar-refractivity contribution >= 4 is 40.8 Å². The maximum Gasteiger partial charge on any atom is 0.251 e. The van der Waals surface area contributed by atoms with E-state index in [1.165, 1.54) is 22.1 Å². The Morgan fingerprint density at radius 3 is 2.59 bits per heavy atom. The first-order valence-corrected chi connectivity index (χ1v) is 15.2. The minimum Gasteiger partial charge on any atom is -0.297 e. The van der Waals surface area contributed by atoms with Gasteiger partial charge in [-0.1, -0.05) is 41.9 Å². The highest BCUT2D eigenvalue weighted by molar-refractivity contribution is 6.31. The number of Topliss-reactive ketones (excluding diaryl/α,β-unsaturated/α-hetero) is 1. The van der Waals surface area contributed by atoms with Gasteiger partial charge in [0.25, 0.3) is 5.91 Å². The molecule has 3 aromatic rings. The molecule has 1 aliphatic heterocycles. The van der Waals surface area contributed by atoms with Crippen molar-refractivity contribution in [1.29, 1.82) is 5.26 Å². The SMILES string of the molecule is N#Cc1ccnc(N2C(=O)CC[C@H]2C(=O)N(c2cccc(C3CC3)c2)[C@H](C(=O)CCC2CC(F)(F)C2)c2ccccc2Cl)n1. The molecule has 6 rings (SSSR count). The van der Waals surface area contributed by atoms with Gasteiger partial charge in [0, 0.05) is 48.2 Å². The van der Waals surface area contributed by atoms with E-state index < -0.39 is 23.9 Å². The highest BCUT2D eigenvalue weighted by Crippen LogP contribution is 2.46.